The van der Waals surface area contributed by atoms with E-state index in [9.17, 15) is 21.6 Å². The molecule has 1 heterocycles. The summed E-state index contributed by atoms with van der Waals surface area (Å²) in [5, 5.41) is 5.06. The van der Waals surface area contributed by atoms with Gasteiger partial charge in [0.25, 0.3) is 15.9 Å². The fourth-order valence-corrected chi connectivity index (χ4v) is 4.99. The number of pyridine rings is 1. The van der Waals surface area contributed by atoms with E-state index in [0.29, 0.717) is 5.56 Å². The van der Waals surface area contributed by atoms with E-state index < -0.39 is 35.7 Å². The molecule has 1 aromatic heterocycles. The summed E-state index contributed by atoms with van der Waals surface area (Å²) in [6.07, 6.45) is 4.35. The minimum atomic E-state index is -4.49. The Labute approximate surface area is 177 Å². The van der Waals surface area contributed by atoms with E-state index in [0.717, 1.165) is 31.4 Å². The molecule has 10 heteroatoms. The lowest BCUT2D eigenvalue weighted by atomic mass is 10.0. The maximum atomic E-state index is 12.5. The lowest BCUT2D eigenvalue weighted by Gasteiger charge is -2.10. The largest absolute Gasteiger partial charge is 0.283 e. The Balaban J connectivity index is 2.22. The highest BCUT2D eigenvalue weighted by Gasteiger charge is 2.26. The lowest BCUT2D eigenvalue weighted by molar-refractivity contribution is 0.0976. The molecule has 0 fully saturated rings. The van der Waals surface area contributed by atoms with Crippen LogP contribution in [-0.2, 0) is 20.0 Å². The fourth-order valence-electron chi connectivity index (χ4n) is 2.65. The van der Waals surface area contributed by atoms with Crippen molar-refractivity contribution < 1.29 is 21.6 Å². The minimum absolute atomic E-state index is 0.155. The number of benzene rings is 1. The zero-order chi connectivity index (χ0) is 22.4. The third-order valence-electron chi connectivity index (χ3n) is 4.22. The molecule has 0 saturated carbocycles. The van der Waals surface area contributed by atoms with Gasteiger partial charge in [0.05, 0.1) is 0 Å². The molecule has 1 amide bonds. The number of nitrogens with zero attached hydrogens (tertiary/aromatic N) is 1. The molecule has 8 nitrogen and oxygen atoms in total. The molecule has 160 valence electrons. The van der Waals surface area contributed by atoms with Gasteiger partial charge >= 0.3 is 0 Å². The van der Waals surface area contributed by atoms with E-state index in [1.807, 2.05) is 4.72 Å². The molecule has 1 atom stereocenters. The second-order valence-electron chi connectivity index (χ2n) is 6.52. The van der Waals surface area contributed by atoms with Gasteiger partial charge in [0.1, 0.15) is 15.5 Å². The summed E-state index contributed by atoms with van der Waals surface area (Å²) in [6.45, 7) is 4.16. The second-order valence-corrected chi connectivity index (χ2v) is 9.70. The number of rotatable bonds is 7. The van der Waals surface area contributed by atoms with Gasteiger partial charge in [0.15, 0.2) is 0 Å². The van der Waals surface area contributed by atoms with Crippen molar-refractivity contribution in [2.45, 2.75) is 42.9 Å². The van der Waals surface area contributed by atoms with Crippen molar-refractivity contribution in [3.8, 4) is 11.8 Å². The molecule has 1 unspecified atom stereocenters. The van der Waals surface area contributed by atoms with Gasteiger partial charge in [-0.1, -0.05) is 44.2 Å². The number of aromatic nitrogens is 1. The molecule has 3 N–H and O–H groups in total. The standard InChI is InChI=1S/C20H23N3O5S2/c1-3-7-15(4-2)10-11-16-12-13-17(22-14-16)20(24)23-30(27,28)19-9-6-5-8-18(19)29(21,25)26/h5-6,8-9,12-15H,3-4,7H2,1-2H3,(H,23,24)(H2,21,25,26). The predicted octanol–water partition coefficient (Wildman–Crippen LogP) is 2.03. The fraction of sp³-hybridized carbons (Fsp3) is 0.300. The molecule has 2 rings (SSSR count). The number of nitrogens with one attached hydrogen (secondary N) is 1. The molecule has 0 bridgehead atoms. The van der Waals surface area contributed by atoms with E-state index in [1.165, 1.54) is 24.4 Å². The van der Waals surface area contributed by atoms with Crippen LogP contribution in [0.5, 0.6) is 0 Å². The Morgan fingerprint density at radius 1 is 1.10 bits per heavy atom. The molecule has 0 saturated heterocycles. The molecule has 0 spiro atoms. The first-order valence-electron chi connectivity index (χ1n) is 9.25. The van der Waals surface area contributed by atoms with Crippen LogP contribution in [0.2, 0.25) is 0 Å². The molecule has 30 heavy (non-hydrogen) atoms. The van der Waals surface area contributed by atoms with Crippen molar-refractivity contribution >= 4 is 26.0 Å². The van der Waals surface area contributed by atoms with E-state index >= 15 is 0 Å². The van der Waals surface area contributed by atoms with Crippen LogP contribution in [0.25, 0.3) is 0 Å². The van der Waals surface area contributed by atoms with Crippen LogP contribution >= 0.6 is 0 Å². The van der Waals surface area contributed by atoms with Gasteiger partial charge in [-0.2, -0.15) is 0 Å². The van der Waals surface area contributed by atoms with Gasteiger partial charge < -0.3 is 0 Å². The molecule has 1 aromatic carbocycles. The average molecular weight is 450 g/mol. The Kier molecular flexibility index (Phi) is 7.72. The van der Waals surface area contributed by atoms with Crippen molar-refractivity contribution in [2.24, 2.45) is 11.1 Å². The zero-order valence-electron chi connectivity index (χ0n) is 16.6. The highest BCUT2D eigenvalue weighted by Crippen LogP contribution is 2.19. The molecule has 2 aromatic rings. The summed E-state index contributed by atoms with van der Waals surface area (Å²) >= 11 is 0. The van der Waals surface area contributed by atoms with Crippen LogP contribution in [-0.4, -0.2) is 27.7 Å². The summed E-state index contributed by atoms with van der Waals surface area (Å²) in [4.78, 5) is 15.1. The SMILES string of the molecule is CCCC(C#Cc1ccc(C(=O)NS(=O)(=O)c2ccccc2S(N)(=O)=O)nc1)CC. The Bertz CT molecular complexity index is 1180. The Morgan fingerprint density at radius 2 is 1.77 bits per heavy atom. The molecule has 0 aliphatic rings. The van der Waals surface area contributed by atoms with Crippen molar-refractivity contribution in [1.82, 2.24) is 9.71 Å². The summed E-state index contributed by atoms with van der Waals surface area (Å²) in [7, 11) is -8.79. The van der Waals surface area contributed by atoms with Gasteiger partial charge in [-0.05, 0) is 37.1 Å². The summed E-state index contributed by atoms with van der Waals surface area (Å²) < 4.78 is 50.1. The monoisotopic (exact) mass is 449 g/mol. The number of amides is 1. The van der Waals surface area contributed by atoms with E-state index in [1.54, 1.807) is 6.07 Å². The van der Waals surface area contributed by atoms with Crippen LogP contribution in [0.15, 0.2) is 52.4 Å². The number of nitrogens with two attached hydrogens (primary N) is 1. The van der Waals surface area contributed by atoms with Gasteiger partial charge in [0.2, 0.25) is 10.0 Å². The first-order chi connectivity index (χ1) is 14.1. The van der Waals surface area contributed by atoms with Gasteiger partial charge in [0, 0.05) is 17.7 Å². The molecule has 0 radical (unpaired) electrons. The quantitative estimate of drug-likeness (QED) is 0.621. The Hall–Kier alpha value is -2.74. The minimum Gasteiger partial charge on any atom is -0.266 e. The molecule has 0 aliphatic carbocycles. The summed E-state index contributed by atoms with van der Waals surface area (Å²) in [6, 6.07) is 7.65. The van der Waals surface area contributed by atoms with E-state index in [2.05, 4.69) is 30.7 Å². The van der Waals surface area contributed by atoms with Crippen LogP contribution in [0.4, 0.5) is 0 Å². The van der Waals surface area contributed by atoms with Crippen molar-refractivity contribution in [3.05, 3.63) is 53.9 Å². The normalized spacial score (nSPS) is 12.5. The zero-order valence-corrected chi connectivity index (χ0v) is 18.3. The maximum Gasteiger partial charge on any atom is 0.283 e. The smallest absolute Gasteiger partial charge is 0.266 e. The Morgan fingerprint density at radius 3 is 2.30 bits per heavy atom. The highest BCUT2D eigenvalue weighted by molar-refractivity contribution is 7.92. The van der Waals surface area contributed by atoms with Gasteiger partial charge in [-0.15, -0.1) is 0 Å². The topological polar surface area (TPSA) is 136 Å². The van der Waals surface area contributed by atoms with Crippen molar-refractivity contribution in [3.63, 3.8) is 0 Å². The highest BCUT2D eigenvalue weighted by atomic mass is 32.2. The first kappa shape index (κ1) is 23.5. The van der Waals surface area contributed by atoms with Gasteiger partial charge in [-0.3, -0.25) is 4.79 Å². The van der Waals surface area contributed by atoms with E-state index in [4.69, 9.17) is 5.14 Å². The number of hydrogen-bond donors (Lipinski definition) is 2. The molecular formula is C20H23N3O5S2. The van der Waals surface area contributed by atoms with E-state index in [-0.39, 0.29) is 11.6 Å². The maximum absolute atomic E-state index is 12.5. The van der Waals surface area contributed by atoms with Crippen LogP contribution < -0.4 is 9.86 Å². The van der Waals surface area contributed by atoms with Crippen LogP contribution in [0.1, 0.15) is 49.2 Å². The molecule has 0 aliphatic heterocycles. The number of sulfonamides is 2. The van der Waals surface area contributed by atoms with Crippen molar-refractivity contribution in [2.75, 3.05) is 0 Å². The third-order valence-corrected chi connectivity index (χ3v) is 6.71. The average Bonchev–Trinajstić information content (AvgIpc) is 2.70. The number of carbonyl (C=O) groups excluding carboxylic acids is 1. The number of carbonyl (C=O) groups is 1. The second kappa shape index (κ2) is 9.84. The van der Waals surface area contributed by atoms with Crippen molar-refractivity contribution in [1.29, 1.82) is 0 Å². The summed E-state index contributed by atoms with van der Waals surface area (Å²) in [5.74, 6) is 5.44. The summed E-state index contributed by atoms with van der Waals surface area (Å²) in [5.41, 5.74) is 0.446. The molecular weight excluding hydrogens is 426 g/mol. The third kappa shape index (κ3) is 6.13. The predicted molar refractivity (Wildman–Crippen MR) is 112 cm³/mol. The first-order valence-corrected chi connectivity index (χ1v) is 12.3. The number of hydrogen-bond acceptors (Lipinski definition) is 6. The number of primary sulfonamides is 1. The van der Waals surface area contributed by atoms with Crippen LogP contribution in [0.3, 0.4) is 0 Å². The van der Waals surface area contributed by atoms with Crippen LogP contribution in [0, 0.1) is 17.8 Å². The van der Waals surface area contributed by atoms with Gasteiger partial charge in [-0.25, -0.2) is 31.7 Å². The lowest BCUT2D eigenvalue weighted by Crippen LogP contribution is -2.32.